The van der Waals surface area contributed by atoms with Crippen LogP contribution in [0.5, 0.6) is 0 Å². The summed E-state index contributed by atoms with van der Waals surface area (Å²) in [6.45, 7) is 3.33. The Kier molecular flexibility index (Phi) is 3.42. The molecule has 2 atom stereocenters. The van der Waals surface area contributed by atoms with E-state index in [0.29, 0.717) is 11.5 Å². The summed E-state index contributed by atoms with van der Waals surface area (Å²) in [5.74, 6) is 0. The summed E-state index contributed by atoms with van der Waals surface area (Å²) in [6.07, 6.45) is 16.0. The van der Waals surface area contributed by atoms with Crippen LogP contribution in [-0.2, 0) is 6.54 Å². The van der Waals surface area contributed by atoms with Crippen LogP contribution in [0, 0.1) is 5.41 Å². The van der Waals surface area contributed by atoms with Gasteiger partial charge in [0.25, 0.3) is 0 Å². The topological polar surface area (TPSA) is 29.9 Å². The molecule has 3 rings (SSSR count). The van der Waals surface area contributed by atoms with Gasteiger partial charge >= 0.3 is 0 Å². The van der Waals surface area contributed by atoms with Crippen molar-refractivity contribution in [1.29, 1.82) is 0 Å². The number of nitrogens with zero attached hydrogens (tertiary/aromatic N) is 2. The molecule has 1 aromatic heterocycles. The third-order valence-electron chi connectivity index (χ3n) is 5.05. The molecule has 1 aromatic rings. The van der Waals surface area contributed by atoms with Gasteiger partial charge in [-0.1, -0.05) is 19.3 Å². The van der Waals surface area contributed by atoms with Crippen molar-refractivity contribution in [3.63, 3.8) is 0 Å². The van der Waals surface area contributed by atoms with Crippen molar-refractivity contribution >= 4 is 0 Å². The van der Waals surface area contributed by atoms with E-state index in [4.69, 9.17) is 0 Å². The molecular weight excluding hydrogens is 222 g/mol. The van der Waals surface area contributed by atoms with Gasteiger partial charge in [-0.15, -0.1) is 0 Å². The Bertz CT molecular complexity index is 365. The summed E-state index contributed by atoms with van der Waals surface area (Å²) in [7, 11) is 0. The first-order valence-electron chi connectivity index (χ1n) is 7.50. The molecule has 0 aromatic carbocycles. The maximum absolute atomic E-state index is 4.11. The summed E-state index contributed by atoms with van der Waals surface area (Å²) in [5.41, 5.74) is 0.668. The number of nitrogens with one attached hydrogen (secondary N) is 1. The normalized spacial score (nSPS) is 27.9. The fourth-order valence-electron chi connectivity index (χ4n) is 3.92. The lowest BCUT2D eigenvalue weighted by atomic mass is 9.57. The maximum atomic E-state index is 4.11. The van der Waals surface area contributed by atoms with E-state index in [1.165, 1.54) is 44.9 Å². The minimum Gasteiger partial charge on any atom is -0.336 e. The van der Waals surface area contributed by atoms with Crippen LogP contribution in [0.15, 0.2) is 18.7 Å². The standard InChI is InChI=1S/C15H25N3/c1-13(11-18-10-9-16-12-18)17-14-5-8-15(14)6-3-2-4-7-15/h9-10,12-14,17H,2-8,11H2,1H3. The molecule has 1 N–H and O–H groups in total. The van der Waals surface area contributed by atoms with E-state index in [1.54, 1.807) is 0 Å². The summed E-state index contributed by atoms with van der Waals surface area (Å²) in [5, 5.41) is 3.87. The Morgan fingerprint density at radius 2 is 2.17 bits per heavy atom. The van der Waals surface area contributed by atoms with E-state index >= 15 is 0 Å². The molecule has 2 aliphatic rings. The fraction of sp³-hybridized carbons (Fsp3) is 0.800. The highest BCUT2D eigenvalue weighted by molar-refractivity contribution is 5.02. The average molecular weight is 247 g/mol. The van der Waals surface area contributed by atoms with Gasteiger partial charge in [0, 0.05) is 31.0 Å². The smallest absolute Gasteiger partial charge is 0.0946 e. The Morgan fingerprint density at radius 3 is 2.78 bits per heavy atom. The van der Waals surface area contributed by atoms with Crippen molar-refractivity contribution in [2.24, 2.45) is 5.41 Å². The molecule has 0 saturated heterocycles. The number of aromatic nitrogens is 2. The molecule has 100 valence electrons. The molecule has 0 radical (unpaired) electrons. The highest BCUT2D eigenvalue weighted by Gasteiger charge is 2.46. The third kappa shape index (κ3) is 2.33. The van der Waals surface area contributed by atoms with Crippen molar-refractivity contribution in [2.45, 2.75) is 70.5 Å². The van der Waals surface area contributed by atoms with E-state index in [0.717, 1.165) is 12.6 Å². The zero-order chi connectivity index (χ0) is 12.4. The van der Waals surface area contributed by atoms with E-state index < -0.39 is 0 Å². The van der Waals surface area contributed by atoms with E-state index in [9.17, 15) is 0 Å². The molecule has 3 nitrogen and oxygen atoms in total. The molecule has 0 amide bonds. The van der Waals surface area contributed by atoms with Crippen LogP contribution >= 0.6 is 0 Å². The molecule has 18 heavy (non-hydrogen) atoms. The summed E-state index contributed by atoms with van der Waals surface area (Å²) in [4.78, 5) is 4.11. The highest BCUT2D eigenvalue weighted by Crippen LogP contribution is 2.51. The van der Waals surface area contributed by atoms with Gasteiger partial charge in [-0.25, -0.2) is 4.98 Å². The first-order valence-corrected chi connectivity index (χ1v) is 7.50. The molecular formula is C15H25N3. The Morgan fingerprint density at radius 1 is 1.33 bits per heavy atom. The maximum Gasteiger partial charge on any atom is 0.0946 e. The minimum atomic E-state index is 0.545. The van der Waals surface area contributed by atoms with Crippen LogP contribution in [0.3, 0.4) is 0 Å². The molecule has 0 aliphatic heterocycles. The Balaban J connectivity index is 1.53. The molecule has 2 aliphatic carbocycles. The van der Waals surface area contributed by atoms with Crippen molar-refractivity contribution in [1.82, 2.24) is 14.9 Å². The molecule has 3 heteroatoms. The van der Waals surface area contributed by atoms with Gasteiger partial charge in [-0.3, -0.25) is 0 Å². The molecule has 1 spiro atoms. The first-order chi connectivity index (χ1) is 8.78. The van der Waals surface area contributed by atoms with Crippen LogP contribution in [0.1, 0.15) is 51.9 Å². The van der Waals surface area contributed by atoms with Gasteiger partial charge < -0.3 is 9.88 Å². The van der Waals surface area contributed by atoms with E-state index in [1.807, 2.05) is 12.5 Å². The van der Waals surface area contributed by atoms with Gasteiger partial charge in [0.15, 0.2) is 0 Å². The predicted octanol–water partition coefficient (Wildman–Crippen LogP) is 2.97. The van der Waals surface area contributed by atoms with E-state index in [-0.39, 0.29) is 0 Å². The number of rotatable bonds is 4. The lowest BCUT2D eigenvalue weighted by molar-refractivity contribution is 0.0165. The van der Waals surface area contributed by atoms with Crippen LogP contribution < -0.4 is 5.32 Å². The summed E-state index contributed by atoms with van der Waals surface area (Å²) >= 11 is 0. The quantitative estimate of drug-likeness (QED) is 0.886. The van der Waals surface area contributed by atoms with Gasteiger partial charge in [-0.05, 0) is 38.0 Å². The van der Waals surface area contributed by atoms with Crippen LogP contribution in [0.25, 0.3) is 0 Å². The number of imidazole rings is 1. The van der Waals surface area contributed by atoms with Crippen molar-refractivity contribution in [2.75, 3.05) is 0 Å². The third-order valence-corrected chi connectivity index (χ3v) is 5.05. The monoisotopic (exact) mass is 247 g/mol. The average Bonchev–Trinajstić information content (AvgIpc) is 2.88. The number of hydrogen-bond acceptors (Lipinski definition) is 2. The van der Waals surface area contributed by atoms with Gasteiger partial charge in [0.1, 0.15) is 0 Å². The zero-order valence-corrected chi connectivity index (χ0v) is 11.4. The second-order valence-corrected chi connectivity index (χ2v) is 6.34. The molecule has 0 bridgehead atoms. The van der Waals surface area contributed by atoms with Crippen molar-refractivity contribution in [3.8, 4) is 0 Å². The van der Waals surface area contributed by atoms with Gasteiger partial charge in [0.05, 0.1) is 6.33 Å². The second-order valence-electron chi connectivity index (χ2n) is 6.34. The molecule has 2 saturated carbocycles. The Labute approximate surface area is 110 Å². The van der Waals surface area contributed by atoms with Crippen LogP contribution in [-0.4, -0.2) is 21.6 Å². The Hall–Kier alpha value is -0.830. The first kappa shape index (κ1) is 12.2. The van der Waals surface area contributed by atoms with Crippen LogP contribution in [0.2, 0.25) is 0 Å². The molecule has 1 heterocycles. The van der Waals surface area contributed by atoms with Crippen LogP contribution in [0.4, 0.5) is 0 Å². The predicted molar refractivity (Wildman–Crippen MR) is 73.4 cm³/mol. The molecule has 2 fully saturated rings. The highest BCUT2D eigenvalue weighted by atomic mass is 15.1. The summed E-state index contributed by atoms with van der Waals surface area (Å²) in [6, 6.07) is 1.32. The lowest BCUT2D eigenvalue weighted by Gasteiger charge is -2.53. The SMILES string of the molecule is CC(Cn1ccnc1)NC1CCC12CCCCC2. The van der Waals surface area contributed by atoms with Crippen molar-refractivity contribution in [3.05, 3.63) is 18.7 Å². The largest absolute Gasteiger partial charge is 0.336 e. The zero-order valence-electron chi connectivity index (χ0n) is 11.4. The van der Waals surface area contributed by atoms with Gasteiger partial charge in [0.2, 0.25) is 0 Å². The minimum absolute atomic E-state index is 0.545. The van der Waals surface area contributed by atoms with Gasteiger partial charge in [-0.2, -0.15) is 0 Å². The number of hydrogen-bond donors (Lipinski definition) is 1. The van der Waals surface area contributed by atoms with Crippen molar-refractivity contribution < 1.29 is 0 Å². The van der Waals surface area contributed by atoms with E-state index in [2.05, 4.69) is 28.0 Å². The fourth-order valence-corrected chi connectivity index (χ4v) is 3.92. The lowest BCUT2D eigenvalue weighted by Crippen LogP contribution is -2.57. The molecule has 2 unspecified atom stereocenters. The second kappa shape index (κ2) is 5.04. The summed E-state index contributed by atoms with van der Waals surface area (Å²) < 4.78 is 2.17.